The first-order chi connectivity index (χ1) is 15.1. The normalized spacial score (nSPS) is 17.0. The van der Waals surface area contributed by atoms with Crippen molar-refractivity contribution in [3.8, 4) is 0 Å². The first kappa shape index (κ1) is 20.3. The van der Waals surface area contributed by atoms with E-state index in [1.54, 1.807) is 29.3 Å². The number of amides is 1. The van der Waals surface area contributed by atoms with Crippen LogP contribution in [0.25, 0.3) is 0 Å². The second-order valence-corrected chi connectivity index (χ2v) is 7.30. The van der Waals surface area contributed by atoms with Gasteiger partial charge in [-0.3, -0.25) is 4.79 Å². The van der Waals surface area contributed by atoms with Gasteiger partial charge in [0.25, 0.3) is 5.91 Å². The molecule has 1 fully saturated rings. The Morgan fingerprint density at radius 1 is 0.968 bits per heavy atom. The van der Waals surface area contributed by atoms with Crippen LogP contribution in [0.2, 0.25) is 0 Å². The van der Waals surface area contributed by atoms with E-state index in [9.17, 15) is 9.59 Å². The van der Waals surface area contributed by atoms with E-state index < -0.39 is 5.97 Å². The summed E-state index contributed by atoms with van der Waals surface area (Å²) < 4.78 is 7.33. The van der Waals surface area contributed by atoms with E-state index in [1.807, 2.05) is 77.6 Å². The highest BCUT2D eigenvalue weighted by Gasteiger charge is 2.43. The summed E-state index contributed by atoms with van der Waals surface area (Å²) in [5.74, 6) is -0.337. The van der Waals surface area contributed by atoms with Crippen LogP contribution in [-0.4, -0.2) is 34.3 Å². The molecule has 0 spiro atoms. The zero-order valence-corrected chi connectivity index (χ0v) is 17.1. The van der Waals surface area contributed by atoms with Gasteiger partial charge in [-0.15, -0.1) is 9.69 Å². The van der Waals surface area contributed by atoms with Crippen molar-refractivity contribution in [2.24, 2.45) is 0 Å². The molecule has 3 aromatic rings. The van der Waals surface area contributed by atoms with Gasteiger partial charge in [0.1, 0.15) is 18.7 Å². The minimum absolute atomic E-state index is 0.0575. The molecule has 1 atom stereocenters. The molecule has 3 aromatic carbocycles. The van der Waals surface area contributed by atoms with Crippen molar-refractivity contribution >= 4 is 18.1 Å². The number of esters is 1. The molecule has 0 radical (unpaired) electrons. The molecule has 1 aliphatic rings. The number of hydrazine groups is 1. The van der Waals surface area contributed by atoms with Gasteiger partial charge in [0, 0.05) is 11.1 Å². The van der Waals surface area contributed by atoms with Gasteiger partial charge in [-0.25, -0.2) is 4.79 Å². The lowest BCUT2D eigenvalue weighted by Gasteiger charge is -2.16. The van der Waals surface area contributed by atoms with Crippen LogP contribution in [-0.2, 0) is 9.53 Å². The molecular weight excluding hydrogens is 388 g/mol. The molecule has 5 heteroatoms. The second kappa shape index (κ2) is 9.22. The highest BCUT2D eigenvalue weighted by molar-refractivity contribution is 5.90. The molecule has 0 aromatic heterocycles. The summed E-state index contributed by atoms with van der Waals surface area (Å²) >= 11 is 0. The summed E-state index contributed by atoms with van der Waals surface area (Å²) in [5, 5.41) is 1.59. The molecule has 1 saturated heterocycles. The van der Waals surface area contributed by atoms with Crippen LogP contribution in [0.1, 0.15) is 33.9 Å². The number of benzene rings is 3. The molecule has 0 unspecified atom stereocenters. The molecule has 0 bridgehead atoms. The minimum Gasteiger partial charge on any atom is -0.426 e. The molecule has 154 valence electrons. The monoisotopic (exact) mass is 411 g/mol. The summed E-state index contributed by atoms with van der Waals surface area (Å²) in [4.78, 5) is 25.3. The third-order valence-corrected chi connectivity index (χ3v) is 5.09. The Labute approximate surface area is 181 Å². The third kappa shape index (κ3) is 4.78. The SMILES string of the molecule is C=C(CN1C(=O)C[C@H](c2ccccc2)/[N+]1=C/c1ccccc1)OC(=O)c1ccccc1. The van der Waals surface area contributed by atoms with E-state index in [0.717, 1.165) is 11.1 Å². The van der Waals surface area contributed by atoms with E-state index in [0.29, 0.717) is 12.0 Å². The predicted molar refractivity (Wildman–Crippen MR) is 118 cm³/mol. The van der Waals surface area contributed by atoms with Crippen LogP contribution in [0, 0.1) is 0 Å². The van der Waals surface area contributed by atoms with Crippen LogP contribution >= 0.6 is 0 Å². The Hall–Kier alpha value is -3.99. The molecule has 0 aliphatic carbocycles. The van der Waals surface area contributed by atoms with E-state index in [2.05, 4.69) is 6.58 Å². The summed E-state index contributed by atoms with van der Waals surface area (Å²) in [6.45, 7) is 3.97. The zero-order valence-electron chi connectivity index (χ0n) is 17.1. The third-order valence-electron chi connectivity index (χ3n) is 5.09. The van der Waals surface area contributed by atoms with E-state index in [-0.39, 0.29) is 24.3 Å². The number of nitrogens with zero attached hydrogens (tertiary/aromatic N) is 2. The lowest BCUT2D eigenvalue weighted by atomic mass is 10.1. The number of hydrogen-bond acceptors (Lipinski definition) is 3. The van der Waals surface area contributed by atoms with Crippen molar-refractivity contribution < 1.29 is 19.0 Å². The number of hydrogen-bond donors (Lipinski definition) is 0. The first-order valence-electron chi connectivity index (χ1n) is 10.1. The molecule has 0 N–H and O–H groups in total. The fourth-order valence-corrected chi connectivity index (χ4v) is 3.59. The van der Waals surface area contributed by atoms with Gasteiger partial charge in [0.15, 0.2) is 0 Å². The average molecular weight is 411 g/mol. The first-order valence-corrected chi connectivity index (χ1v) is 10.1. The van der Waals surface area contributed by atoms with Gasteiger partial charge < -0.3 is 4.74 Å². The fourth-order valence-electron chi connectivity index (χ4n) is 3.59. The summed E-state index contributed by atoms with van der Waals surface area (Å²) in [6.07, 6.45) is 2.27. The van der Waals surface area contributed by atoms with Crippen molar-refractivity contribution in [2.75, 3.05) is 6.54 Å². The Morgan fingerprint density at radius 2 is 1.55 bits per heavy atom. The van der Waals surface area contributed by atoms with Crippen molar-refractivity contribution in [3.05, 3.63) is 120 Å². The van der Waals surface area contributed by atoms with E-state index in [1.165, 1.54) is 0 Å². The molecule has 5 nitrogen and oxygen atoms in total. The van der Waals surface area contributed by atoms with Gasteiger partial charge in [0.2, 0.25) is 12.3 Å². The highest BCUT2D eigenvalue weighted by Crippen LogP contribution is 2.30. The molecule has 4 rings (SSSR count). The second-order valence-electron chi connectivity index (χ2n) is 7.30. The lowest BCUT2D eigenvalue weighted by Crippen LogP contribution is -2.36. The molecule has 1 aliphatic heterocycles. The van der Waals surface area contributed by atoms with Crippen LogP contribution in [0.5, 0.6) is 0 Å². The maximum Gasteiger partial charge on any atom is 0.343 e. The largest absolute Gasteiger partial charge is 0.426 e. The maximum absolute atomic E-state index is 12.9. The number of rotatable bonds is 6. The Kier molecular flexibility index (Phi) is 6.03. The quantitative estimate of drug-likeness (QED) is 0.344. The maximum atomic E-state index is 12.9. The number of carbonyl (C=O) groups excluding carboxylic acids is 2. The van der Waals surface area contributed by atoms with E-state index >= 15 is 0 Å². The van der Waals surface area contributed by atoms with Gasteiger partial charge in [-0.05, 0) is 24.3 Å². The highest BCUT2D eigenvalue weighted by atomic mass is 16.5. The van der Waals surface area contributed by atoms with Crippen LogP contribution < -0.4 is 0 Å². The molecule has 31 heavy (non-hydrogen) atoms. The fraction of sp³-hybridized carbons (Fsp3) is 0.115. The number of hydrazone groups is 1. The van der Waals surface area contributed by atoms with E-state index in [4.69, 9.17) is 4.74 Å². The summed E-state index contributed by atoms with van der Waals surface area (Å²) in [5.41, 5.74) is 2.44. The topological polar surface area (TPSA) is 49.6 Å². The molecule has 1 amide bonds. The smallest absolute Gasteiger partial charge is 0.343 e. The Bertz CT molecular complexity index is 1110. The summed E-state index contributed by atoms with van der Waals surface area (Å²) in [7, 11) is 0. The standard InChI is InChI=1S/C26H23N2O3/c1-20(31-26(30)23-15-9-4-10-16-23)18-28-25(29)17-24(22-13-7-3-8-14-22)27(28)19-21-11-5-2-6-12-21/h2-16,19,24H,1,17-18H2/q+1/b27-19-/t24-/m1/s1. The zero-order chi connectivity index (χ0) is 21.6. The molecule has 0 saturated carbocycles. The van der Waals surface area contributed by atoms with Gasteiger partial charge >= 0.3 is 5.97 Å². The van der Waals surface area contributed by atoms with Crippen molar-refractivity contribution in [2.45, 2.75) is 12.5 Å². The van der Waals surface area contributed by atoms with Gasteiger partial charge in [-0.2, -0.15) is 0 Å². The number of ether oxygens (including phenoxy) is 1. The van der Waals surface area contributed by atoms with Gasteiger partial charge in [0.05, 0.1) is 5.56 Å². The van der Waals surface area contributed by atoms with Crippen LogP contribution in [0.4, 0.5) is 0 Å². The minimum atomic E-state index is -0.490. The molecular formula is C26H23N2O3+. The number of carbonyl (C=O) groups is 2. The predicted octanol–water partition coefficient (Wildman–Crippen LogP) is 4.38. The van der Waals surface area contributed by atoms with Crippen molar-refractivity contribution in [1.29, 1.82) is 0 Å². The lowest BCUT2D eigenvalue weighted by molar-refractivity contribution is -0.683. The van der Waals surface area contributed by atoms with Gasteiger partial charge in [-0.1, -0.05) is 73.3 Å². The van der Waals surface area contributed by atoms with Crippen LogP contribution in [0.3, 0.4) is 0 Å². The Balaban J connectivity index is 1.59. The molecule has 1 heterocycles. The van der Waals surface area contributed by atoms with Crippen LogP contribution in [0.15, 0.2) is 103 Å². The van der Waals surface area contributed by atoms with Crippen molar-refractivity contribution in [1.82, 2.24) is 5.01 Å². The average Bonchev–Trinajstić information content (AvgIpc) is 3.10. The summed E-state index contributed by atoms with van der Waals surface area (Å²) in [6, 6.07) is 28.3. The Morgan fingerprint density at radius 3 is 2.19 bits per heavy atom. The van der Waals surface area contributed by atoms with Crippen molar-refractivity contribution in [3.63, 3.8) is 0 Å².